The molecule has 0 unspecified atom stereocenters. The van der Waals surface area contributed by atoms with Crippen LogP contribution in [0.15, 0.2) is 22.7 Å². The zero-order chi connectivity index (χ0) is 12.3. The van der Waals surface area contributed by atoms with E-state index in [1.54, 1.807) is 0 Å². The number of esters is 1. The number of ether oxygens (including phenoxy) is 1. The summed E-state index contributed by atoms with van der Waals surface area (Å²) in [6, 6.07) is 3.77. The van der Waals surface area contributed by atoms with Crippen molar-refractivity contribution in [1.82, 2.24) is 0 Å². The smallest absolute Gasteiger partial charge is 0.341 e. The van der Waals surface area contributed by atoms with Crippen LogP contribution >= 0.6 is 34.8 Å². The van der Waals surface area contributed by atoms with E-state index in [9.17, 15) is 9.18 Å². The van der Waals surface area contributed by atoms with Crippen molar-refractivity contribution in [2.75, 3.05) is 7.11 Å². The third-order valence-corrected chi connectivity index (χ3v) is 2.39. The van der Waals surface area contributed by atoms with Gasteiger partial charge in [0.25, 0.3) is 0 Å². The average Bonchev–Trinajstić information content (AvgIpc) is 2.21. The molecule has 0 radical (unpaired) electrons. The zero-order valence-corrected chi connectivity index (χ0v) is 10.3. The highest BCUT2D eigenvalue weighted by molar-refractivity contribution is 6.61. The monoisotopic (exact) mass is 282 g/mol. The van der Waals surface area contributed by atoms with Gasteiger partial charge in [-0.3, -0.25) is 0 Å². The molecule has 0 saturated carbocycles. The Morgan fingerprint density at radius 1 is 1.38 bits per heavy atom. The summed E-state index contributed by atoms with van der Waals surface area (Å²) in [5.41, 5.74) is -0.295. The molecule has 2 nitrogen and oxygen atoms in total. The molecule has 0 fully saturated rings. The quantitative estimate of drug-likeness (QED) is 0.609. The van der Waals surface area contributed by atoms with Crippen LogP contribution in [0.25, 0.3) is 5.57 Å². The van der Waals surface area contributed by atoms with E-state index >= 15 is 0 Å². The van der Waals surface area contributed by atoms with Gasteiger partial charge in [0.15, 0.2) is 0 Å². The summed E-state index contributed by atoms with van der Waals surface area (Å²) in [5, 5.41) is 0.205. The van der Waals surface area contributed by atoms with Crippen molar-refractivity contribution >= 4 is 46.3 Å². The van der Waals surface area contributed by atoms with Gasteiger partial charge in [0.1, 0.15) is 10.3 Å². The lowest BCUT2D eigenvalue weighted by atomic mass is 10.1. The molecule has 0 aliphatic rings. The first kappa shape index (κ1) is 13.3. The maximum absolute atomic E-state index is 13.5. The molecule has 1 rings (SSSR count). The summed E-state index contributed by atoms with van der Waals surface area (Å²) in [6.07, 6.45) is 0. The van der Waals surface area contributed by atoms with E-state index in [2.05, 4.69) is 4.74 Å². The lowest BCUT2D eigenvalue weighted by Gasteiger charge is -2.07. The molecular weight excluding hydrogens is 277 g/mol. The molecule has 0 aliphatic carbocycles. The van der Waals surface area contributed by atoms with Crippen LogP contribution in [-0.4, -0.2) is 13.1 Å². The van der Waals surface area contributed by atoms with E-state index in [-0.39, 0.29) is 20.7 Å². The third kappa shape index (κ3) is 2.88. The molecule has 0 bridgehead atoms. The van der Waals surface area contributed by atoms with Crippen molar-refractivity contribution in [2.24, 2.45) is 0 Å². The van der Waals surface area contributed by atoms with Gasteiger partial charge in [-0.2, -0.15) is 0 Å². The van der Waals surface area contributed by atoms with Crippen LogP contribution in [0.5, 0.6) is 0 Å². The molecular formula is C10H6Cl3FO2. The van der Waals surface area contributed by atoms with E-state index in [0.717, 1.165) is 13.2 Å². The highest BCUT2D eigenvalue weighted by Crippen LogP contribution is 2.28. The SMILES string of the molecule is COC(=O)C(=C(Cl)Cl)c1ccc(Cl)cc1F. The number of methoxy groups -OCH3 is 1. The van der Waals surface area contributed by atoms with E-state index in [1.807, 2.05) is 0 Å². The lowest BCUT2D eigenvalue weighted by molar-refractivity contribution is -0.133. The number of carbonyl (C=O) groups is 1. The third-order valence-electron chi connectivity index (χ3n) is 1.78. The predicted octanol–water partition coefficient (Wildman–Crippen LogP) is 3.80. The van der Waals surface area contributed by atoms with Crippen molar-refractivity contribution in [2.45, 2.75) is 0 Å². The fourth-order valence-corrected chi connectivity index (χ4v) is 1.60. The maximum atomic E-state index is 13.5. The first-order chi connectivity index (χ1) is 7.47. The van der Waals surface area contributed by atoms with Crippen LogP contribution < -0.4 is 0 Å². The molecule has 0 spiro atoms. The Hall–Kier alpha value is -0.770. The van der Waals surface area contributed by atoms with Gasteiger partial charge in [0.05, 0.1) is 12.7 Å². The van der Waals surface area contributed by atoms with E-state index < -0.39 is 11.8 Å². The number of rotatable bonds is 2. The minimum Gasteiger partial charge on any atom is -0.465 e. The average molecular weight is 284 g/mol. The van der Waals surface area contributed by atoms with Crippen LogP contribution in [0, 0.1) is 5.82 Å². The zero-order valence-electron chi connectivity index (χ0n) is 8.06. The standard InChI is InChI=1S/C10H6Cl3FO2/c1-16-10(15)8(9(12)13)6-3-2-5(11)4-7(6)14/h2-4H,1H3. The molecule has 0 aromatic heterocycles. The summed E-state index contributed by atoms with van der Waals surface area (Å²) in [5.74, 6) is -1.52. The van der Waals surface area contributed by atoms with Crippen LogP contribution in [-0.2, 0) is 9.53 Å². The number of halogens is 4. The van der Waals surface area contributed by atoms with E-state index in [4.69, 9.17) is 34.8 Å². The van der Waals surface area contributed by atoms with E-state index in [0.29, 0.717) is 0 Å². The van der Waals surface area contributed by atoms with Gasteiger partial charge in [-0.1, -0.05) is 34.8 Å². The van der Waals surface area contributed by atoms with E-state index in [1.165, 1.54) is 12.1 Å². The highest BCUT2D eigenvalue weighted by Gasteiger charge is 2.20. The van der Waals surface area contributed by atoms with Crippen LogP contribution in [0.4, 0.5) is 4.39 Å². The van der Waals surface area contributed by atoms with Gasteiger partial charge < -0.3 is 4.74 Å². The van der Waals surface area contributed by atoms with Crippen molar-refractivity contribution in [3.8, 4) is 0 Å². The highest BCUT2D eigenvalue weighted by atomic mass is 35.5. The molecule has 16 heavy (non-hydrogen) atoms. The van der Waals surface area contributed by atoms with Gasteiger partial charge in [-0.25, -0.2) is 9.18 Å². The Morgan fingerprint density at radius 2 is 2.00 bits per heavy atom. The van der Waals surface area contributed by atoms with Crippen molar-refractivity contribution in [1.29, 1.82) is 0 Å². The summed E-state index contributed by atoms with van der Waals surface area (Å²) in [4.78, 5) is 11.3. The molecule has 6 heteroatoms. The molecule has 0 heterocycles. The van der Waals surface area contributed by atoms with Crippen LogP contribution in [0.2, 0.25) is 5.02 Å². The Labute approximate surface area is 107 Å². The number of hydrogen-bond donors (Lipinski definition) is 0. The van der Waals surface area contributed by atoms with Gasteiger partial charge >= 0.3 is 5.97 Å². The Balaban J connectivity index is 3.34. The lowest BCUT2D eigenvalue weighted by Crippen LogP contribution is -2.06. The predicted molar refractivity (Wildman–Crippen MR) is 62.1 cm³/mol. The molecule has 86 valence electrons. The Morgan fingerprint density at radius 3 is 2.44 bits per heavy atom. The second-order valence-electron chi connectivity index (χ2n) is 2.75. The molecule has 0 amide bonds. The molecule has 1 aromatic carbocycles. The first-order valence-electron chi connectivity index (χ1n) is 4.06. The van der Waals surface area contributed by atoms with Crippen molar-refractivity contribution < 1.29 is 13.9 Å². The van der Waals surface area contributed by atoms with Gasteiger partial charge in [-0.15, -0.1) is 0 Å². The van der Waals surface area contributed by atoms with Crippen molar-refractivity contribution in [3.63, 3.8) is 0 Å². The number of carbonyl (C=O) groups excluding carboxylic acids is 1. The second-order valence-corrected chi connectivity index (χ2v) is 4.14. The largest absolute Gasteiger partial charge is 0.465 e. The molecule has 0 saturated heterocycles. The first-order valence-corrected chi connectivity index (χ1v) is 5.19. The van der Waals surface area contributed by atoms with Crippen LogP contribution in [0.3, 0.4) is 0 Å². The summed E-state index contributed by atoms with van der Waals surface area (Å²) in [7, 11) is 1.15. The Bertz CT molecular complexity index is 453. The fraction of sp³-hybridized carbons (Fsp3) is 0.100. The van der Waals surface area contributed by atoms with Gasteiger partial charge in [0.2, 0.25) is 0 Å². The van der Waals surface area contributed by atoms with Crippen molar-refractivity contribution in [3.05, 3.63) is 39.1 Å². The maximum Gasteiger partial charge on any atom is 0.341 e. The fourth-order valence-electron chi connectivity index (χ4n) is 1.08. The summed E-state index contributed by atoms with van der Waals surface area (Å²) in [6.45, 7) is 0. The second kappa shape index (κ2) is 5.53. The van der Waals surface area contributed by atoms with Gasteiger partial charge in [0, 0.05) is 10.6 Å². The summed E-state index contributed by atoms with van der Waals surface area (Å²) < 4.78 is 17.6. The minimum atomic E-state index is -0.818. The van der Waals surface area contributed by atoms with Crippen LogP contribution in [0.1, 0.15) is 5.56 Å². The molecule has 0 N–H and O–H groups in total. The number of benzene rings is 1. The number of hydrogen-bond acceptors (Lipinski definition) is 2. The van der Waals surface area contributed by atoms with Gasteiger partial charge in [-0.05, 0) is 18.2 Å². The molecule has 0 atom stereocenters. The minimum absolute atomic E-state index is 0.0590. The summed E-state index contributed by atoms with van der Waals surface area (Å²) >= 11 is 16.6. The normalized spacial score (nSPS) is 9.81. The molecule has 1 aromatic rings. The Kier molecular flexibility index (Phi) is 4.59. The molecule has 0 aliphatic heterocycles. The topological polar surface area (TPSA) is 26.3 Å².